The molecule has 7 rings (SSSR count). The van der Waals surface area contributed by atoms with Gasteiger partial charge in [0.25, 0.3) is 0 Å². The molecule has 6 aromatic carbocycles. The summed E-state index contributed by atoms with van der Waals surface area (Å²) in [7, 11) is 0. The summed E-state index contributed by atoms with van der Waals surface area (Å²) in [5.41, 5.74) is 16.4. The number of hydrogen-bond donors (Lipinski definition) is 1. The Hall–Kier alpha value is -5.67. The molecule has 206 valence electrons. The van der Waals surface area contributed by atoms with Crippen LogP contribution in [0.3, 0.4) is 0 Å². The molecule has 0 radical (unpaired) electrons. The highest BCUT2D eigenvalue weighted by Gasteiger charge is 2.12. The van der Waals surface area contributed by atoms with Gasteiger partial charge in [-0.3, -0.25) is 0 Å². The Labute approximate surface area is 251 Å². The molecule has 0 atom stereocenters. The van der Waals surface area contributed by atoms with E-state index >= 15 is 0 Å². The lowest BCUT2D eigenvalue weighted by atomic mass is 10.0. The van der Waals surface area contributed by atoms with Crippen molar-refractivity contribution in [2.45, 2.75) is 6.42 Å². The number of amidine groups is 1. The third-order valence-electron chi connectivity index (χ3n) is 7.88. The molecule has 0 saturated carbocycles. The molecule has 43 heavy (non-hydrogen) atoms. The van der Waals surface area contributed by atoms with E-state index in [1.54, 1.807) is 0 Å². The molecule has 1 aromatic heterocycles. The summed E-state index contributed by atoms with van der Waals surface area (Å²) in [5.74, 6) is 0.501. The Kier molecular flexibility index (Phi) is 7.12. The van der Waals surface area contributed by atoms with Gasteiger partial charge in [-0.2, -0.15) is 0 Å². The maximum atomic E-state index is 6.50. The molecule has 0 bridgehead atoms. The van der Waals surface area contributed by atoms with E-state index in [1.165, 1.54) is 27.4 Å². The number of aliphatic imine (C=N–C) groups is 1. The van der Waals surface area contributed by atoms with E-state index in [9.17, 15) is 0 Å². The molecule has 0 amide bonds. The minimum atomic E-state index is 0.501. The summed E-state index contributed by atoms with van der Waals surface area (Å²) in [4.78, 5) is 4.92. The van der Waals surface area contributed by atoms with Crippen molar-refractivity contribution in [2.24, 2.45) is 10.7 Å². The lowest BCUT2D eigenvalue weighted by molar-refractivity contribution is 1.18. The molecule has 0 aliphatic rings. The zero-order valence-electron chi connectivity index (χ0n) is 23.8. The normalized spacial score (nSPS) is 12.2. The number of fused-ring (bicyclic) bond motifs is 3. The van der Waals surface area contributed by atoms with Crippen LogP contribution in [0.1, 0.15) is 16.7 Å². The number of allylic oxidation sites excluding steroid dienone is 1. The molecule has 0 saturated heterocycles. The van der Waals surface area contributed by atoms with E-state index in [-0.39, 0.29) is 0 Å². The van der Waals surface area contributed by atoms with Gasteiger partial charge in [-0.1, -0.05) is 133 Å². The smallest absolute Gasteiger partial charge is 0.131 e. The van der Waals surface area contributed by atoms with Crippen molar-refractivity contribution >= 4 is 33.3 Å². The monoisotopic (exact) mass is 553 g/mol. The second-order valence-corrected chi connectivity index (χ2v) is 10.6. The van der Waals surface area contributed by atoms with E-state index in [4.69, 9.17) is 10.7 Å². The molecule has 3 heteroatoms. The van der Waals surface area contributed by atoms with Crippen LogP contribution in [0.5, 0.6) is 0 Å². The maximum absolute atomic E-state index is 6.50. The summed E-state index contributed by atoms with van der Waals surface area (Å²) >= 11 is 0. The Bertz CT molecular complexity index is 2030. The zero-order valence-corrected chi connectivity index (χ0v) is 23.8. The van der Waals surface area contributed by atoms with Gasteiger partial charge in [0, 0.05) is 27.6 Å². The fraction of sp³-hybridized carbons (Fsp3) is 0.0250. The van der Waals surface area contributed by atoms with Crippen LogP contribution in [0.4, 0.5) is 0 Å². The first-order chi connectivity index (χ1) is 21.2. The van der Waals surface area contributed by atoms with Crippen LogP contribution < -0.4 is 5.73 Å². The van der Waals surface area contributed by atoms with Crippen molar-refractivity contribution in [1.82, 2.24) is 4.57 Å². The predicted molar refractivity (Wildman–Crippen MR) is 182 cm³/mol. The molecule has 7 aromatic rings. The van der Waals surface area contributed by atoms with Crippen LogP contribution in [-0.2, 0) is 6.42 Å². The first-order valence-electron chi connectivity index (χ1n) is 14.6. The number of nitrogens with two attached hydrogens (primary N) is 1. The topological polar surface area (TPSA) is 43.3 Å². The average Bonchev–Trinajstić information content (AvgIpc) is 3.42. The minimum Gasteiger partial charge on any atom is -0.383 e. The van der Waals surface area contributed by atoms with E-state index in [1.807, 2.05) is 36.4 Å². The highest BCUT2D eigenvalue weighted by Crippen LogP contribution is 2.33. The number of benzene rings is 6. The van der Waals surface area contributed by atoms with Crippen molar-refractivity contribution in [2.75, 3.05) is 0 Å². The van der Waals surface area contributed by atoms with Gasteiger partial charge in [-0.05, 0) is 53.4 Å². The van der Waals surface area contributed by atoms with Crippen LogP contribution in [0.15, 0.2) is 169 Å². The summed E-state index contributed by atoms with van der Waals surface area (Å²) in [6, 6.07) is 54.9. The maximum Gasteiger partial charge on any atom is 0.131 e. The van der Waals surface area contributed by atoms with Crippen molar-refractivity contribution < 1.29 is 0 Å². The van der Waals surface area contributed by atoms with E-state index in [0.29, 0.717) is 5.84 Å². The van der Waals surface area contributed by atoms with Crippen molar-refractivity contribution in [3.05, 3.63) is 180 Å². The van der Waals surface area contributed by atoms with Gasteiger partial charge in [-0.25, -0.2) is 4.99 Å². The number of rotatable bonds is 7. The summed E-state index contributed by atoms with van der Waals surface area (Å²) in [5, 5.41) is 2.53. The van der Waals surface area contributed by atoms with E-state index in [0.717, 1.165) is 40.1 Å². The van der Waals surface area contributed by atoms with Gasteiger partial charge in [-0.15, -0.1) is 0 Å². The lowest BCUT2D eigenvalue weighted by Crippen LogP contribution is -2.13. The van der Waals surface area contributed by atoms with Crippen LogP contribution in [-0.4, -0.2) is 10.4 Å². The fourth-order valence-electron chi connectivity index (χ4n) is 5.72. The molecule has 0 aliphatic heterocycles. The second-order valence-electron chi connectivity index (χ2n) is 10.6. The van der Waals surface area contributed by atoms with E-state index in [2.05, 4.69) is 132 Å². The Morgan fingerprint density at radius 3 is 1.81 bits per heavy atom. The first kappa shape index (κ1) is 26.2. The van der Waals surface area contributed by atoms with Gasteiger partial charge in [0.1, 0.15) is 5.84 Å². The minimum absolute atomic E-state index is 0.501. The predicted octanol–water partition coefficient (Wildman–Crippen LogP) is 9.44. The standard InChI is InChI=1S/C40H31N3/c41-40(31-14-5-2-6-15-31)42-37(27-22-29-12-3-1-4-13-29)33-17-11-16-32(28-33)30-23-25-34(26-24-30)43-38-20-9-7-18-35(38)36-19-8-10-21-39(36)43/h1-21,23-28H,22H2,(H2,41,42)/b37-27-. The number of hydrogen-bond acceptors (Lipinski definition) is 1. The van der Waals surface area contributed by atoms with Gasteiger partial charge in [0.2, 0.25) is 0 Å². The Morgan fingerprint density at radius 1 is 0.558 bits per heavy atom. The molecule has 0 spiro atoms. The Balaban J connectivity index is 1.25. The highest BCUT2D eigenvalue weighted by atomic mass is 15.0. The van der Waals surface area contributed by atoms with Gasteiger partial charge in [0.05, 0.1) is 16.7 Å². The van der Waals surface area contributed by atoms with Crippen molar-refractivity contribution in [3.8, 4) is 16.8 Å². The largest absolute Gasteiger partial charge is 0.383 e. The molecular formula is C40H31N3. The molecule has 3 nitrogen and oxygen atoms in total. The first-order valence-corrected chi connectivity index (χ1v) is 14.6. The molecular weight excluding hydrogens is 522 g/mol. The third kappa shape index (κ3) is 5.37. The van der Waals surface area contributed by atoms with Gasteiger partial charge in [0.15, 0.2) is 0 Å². The second kappa shape index (κ2) is 11.7. The van der Waals surface area contributed by atoms with Gasteiger partial charge < -0.3 is 10.3 Å². The third-order valence-corrected chi connectivity index (χ3v) is 7.88. The number of aromatic nitrogens is 1. The summed E-state index contributed by atoms with van der Waals surface area (Å²) in [6.45, 7) is 0. The summed E-state index contributed by atoms with van der Waals surface area (Å²) in [6.07, 6.45) is 2.93. The van der Waals surface area contributed by atoms with Crippen molar-refractivity contribution in [1.29, 1.82) is 0 Å². The van der Waals surface area contributed by atoms with Crippen LogP contribution in [0, 0.1) is 0 Å². The van der Waals surface area contributed by atoms with E-state index < -0.39 is 0 Å². The number of nitrogens with zero attached hydrogens (tertiary/aromatic N) is 2. The zero-order chi connectivity index (χ0) is 29.0. The van der Waals surface area contributed by atoms with Gasteiger partial charge >= 0.3 is 0 Å². The fourth-order valence-corrected chi connectivity index (χ4v) is 5.72. The van der Waals surface area contributed by atoms with Crippen LogP contribution in [0.25, 0.3) is 44.3 Å². The highest BCUT2D eigenvalue weighted by molar-refractivity contribution is 6.09. The SMILES string of the molecule is NC(=N/C(=C\Cc1ccccc1)c1cccc(-c2ccc(-n3c4ccccc4c4ccccc43)cc2)c1)c1ccccc1. The Morgan fingerprint density at radius 2 is 1.14 bits per heavy atom. The summed E-state index contributed by atoms with van der Waals surface area (Å²) < 4.78 is 2.34. The molecule has 2 N–H and O–H groups in total. The van der Waals surface area contributed by atoms with Crippen molar-refractivity contribution in [3.63, 3.8) is 0 Å². The molecule has 0 fully saturated rings. The van der Waals surface area contributed by atoms with Crippen LogP contribution in [0.2, 0.25) is 0 Å². The molecule has 0 unspecified atom stereocenters. The van der Waals surface area contributed by atoms with Crippen LogP contribution >= 0.6 is 0 Å². The lowest BCUT2D eigenvalue weighted by Gasteiger charge is -2.11. The average molecular weight is 554 g/mol. The molecule has 1 heterocycles. The quantitative estimate of drug-likeness (QED) is 0.155. The molecule has 0 aliphatic carbocycles. The number of para-hydroxylation sites is 2.